The van der Waals surface area contributed by atoms with E-state index in [1.54, 1.807) is 6.20 Å². The summed E-state index contributed by atoms with van der Waals surface area (Å²) in [5.74, 6) is 0.669. The number of hydrogen-bond donors (Lipinski definition) is 1. The van der Waals surface area contributed by atoms with Gasteiger partial charge in [0.25, 0.3) is 0 Å². The molecule has 0 amide bonds. The minimum atomic E-state index is 0.669. The molecule has 1 N–H and O–H groups in total. The van der Waals surface area contributed by atoms with E-state index >= 15 is 0 Å². The van der Waals surface area contributed by atoms with E-state index in [-0.39, 0.29) is 0 Å². The normalized spacial score (nSPS) is 13.5. The highest BCUT2D eigenvalue weighted by atomic mass is 15.1. The smallest absolute Gasteiger partial charge is 0.222 e. The van der Waals surface area contributed by atoms with Gasteiger partial charge in [0.1, 0.15) is 0 Å². The number of nitrogens with zero attached hydrogens (tertiary/aromatic N) is 2. The Hall–Kier alpha value is -1.90. The van der Waals surface area contributed by atoms with Gasteiger partial charge in [-0.1, -0.05) is 12.1 Å². The number of anilines is 1. The van der Waals surface area contributed by atoms with Gasteiger partial charge >= 0.3 is 0 Å². The Balaban J connectivity index is 2.03. The molecule has 0 spiro atoms. The molecule has 86 valence electrons. The third-order valence-electron chi connectivity index (χ3n) is 3.27. The molecular weight excluding hydrogens is 210 g/mol. The average molecular weight is 225 g/mol. The monoisotopic (exact) mass is 225 g/mol. The van der Waals surface area contributed by atoms with Crippen molar-refractivity contribution in [3.63, 3.8) is 0 Å². The lowest BCUT2D eigenvalue weighted by Gasteiger charge is -2.05. The van der Waals surface area contributed by atoms with Crippen LogP contribution in [0.15, 0.2) is 30.5 Å². The highest BCUT2D eigenvalue weighted by Gasteiger charge is 2.11. The zero-order valence-corrected chi connectivity index (χ0v) is 9.90. The fourth-order valence-corrected chi connectivity index (χ4v) is 2.37. The molecule has 17 heavy (non-hydrogen) atoms. The molecule has 2 aromatic rings. The minimum Gasteiger partial charge on any atom is -0.357 e. The van der Waals surface area contributed by atoms with Crippen molar-refractivity contribution >= 4 is 5.95 Å². The van der Waals surface area contributed by atoms with Crippen LogP contribution in [0.25, 0.3) is 11.3 Å². The SMILES string of the molecule is CNc1nccc(-c2ccc3c(c2)CCC3)n1. The molecule has 0 saturated carbocycles. The first-order chi connectivity index (χ1) is 8.36. The van der Waals surface area contributed by atoms with Crippen molar-refractivity contribution < 1.29 is 0 Å². The van der Waals surface area contributed by atoms with E-state index in [1.165, 1.54) is 36.0 Å². The maximum Gasteiger partial charge on any atom is 0.222 e. The number of hydrogen-bond acceptors (Lipinski definition) is 3. The molecule has 3 heteroatoms. The number of aryl methyl sites for hydroxylation is 2. The first-order valence-electron chi connectivity index (χ1n) is 6.00. The van der Waals surface area contributed by atoms with Gasteiger partial charge in [0.05, 0.1) is 5.69 Å². The highest BCUT2D eigenvalue weighted by Crippen LogP contribution is 2.27. The number of nitrogens with one attached hydrogen (secondary N) is 1. The standard InChI is InChI=1S/C14H15N3/c1-15-14-16-8-7-13(17-14)12-6-5-10-3-2-4-11(10)9-12/h5-9H,2-4H2,1H3,(H,15,16,17). The molecule has 1 heterocycles. The third-order valence-corrected chi connectivity index (χ3v) is 3.27. The molecule has 0 bridgehead atoms. The maximum atomic E-state index is 4.46. The van der Waals surface area contributed by atoms with Crippen LogP contribution >= 0.6 is 0 Å². The first kappa shape index (κ1) is 10.3. The van der Waals surface area contributed by atoms with E-state index in [9.17, 15) is 0 Å². The average Bonchev–Trinajstić information content (AvgIpc) is 2.86. The Labute approximate surface area is 101 Å². The number of aromatic nitrogens is 2. The van der Waals surface area contributed by atoms with Crippen molar-refractivity contribution in [2.45, 2.75) is 19.3 Å². The summed E-state index contributed by atoms with van der Waals surface area (Å²) < 4.78 is 0. The van der Waals surface area contributed by atoms with E-state index < -0.39 is 0 Å². The summed E-state index contributed by atoms with van der Waals surface area (Å²) in [4.78, 5) is 8.60. The molecule has 0 saturated heterocycles. The third kappa shape index (κ3) is 1.88. The topological polar surface area (TPSA) is 37.8 Å². The minimum absolute atomic E-state index is 0.669. The summed E-state index contributed by atoms with van der Waals surface area (Å²) in [5, 5.41) is 2.97. The Morgan fingerprint density at radius 3 is 2.88 bits per heavy atom. The van der Waals surface area contributed by atoms with Crippen LogP contribution in [0.1, 0.15) is 17.5 Å². The van der Waals surface area contributed by atoms with Crippen LogP contribution in [0, 0.1) is 0 Å². The van der Waals surface area contributed by atoms with Gasteiger partial charge in [-0.05, 0) is 42.5 Å². The lowest BCUT2D eigenvalue weighted by atomic mass is 10.0. The largest absolute Gasteiger partial charge is 0.357 e. The predicted octanol–water partition coefficient (Wildman–Crippen LogP) is 2.67. The van der Waals surface area contributed by atoms with Gasteiger partial charge in [0.15, 0.2) is 0 Å². The summed E-state index contributed by atoms with van der Waals surface area (Å²) >= 11 is 0. The van der Waals surface area contributed by atoms with Crippen molar-refractivity contribution in [1.82, 2.24) is 9.97 Å². The molecule has 1 aromatic carbocycles. The van der Waals surface area contributed by atoms with E-state index in [1.807, 2.05) is 13.1 Å². The second kappa shape index (κ2) is 4.17. The highest BCUT2D eigenvalue weighted by molar-refractivity contribution is 5.62. The van der Waals surface area contributed by atoms with E-state index in [2.05, 4.69) is 33.5 Å². The summed E-state index contributed by atoms with van der Waals surface area (Å²) in [6.07, 6.45) is 5.50. The van der Waals surface area contributed by atoms with Crippen LogP contribution in [0.2, 0.25) is 0 Å². The summed E-state index contributed by atoms with van der Waals surface area (Å²) in [6.45, 7) is 0. The van der Waals surface area contributed by atoms with E-state index in [0.29, 0.717) is 5.95 Å². The van der Waals surface area contributed by atoms with E-state index in [4.69, 9.17) is 0 Å². The van der Waals surface area contributed by atoms with Gasteiger partial charge in [0.2, 0.25) is 5.95 Å². The van der Waals surface area contributed by atoms with Crippen molar-refractivity contribution in [3.05, 3.63) is 41.6 Å². The van der Waals surface area contributed by atoms with Crippen molar-refractivity contribution in [2.75, 3.05) is 12.4 Å². The van der Waals surface area contributed by atoms with Gasteiger partial charge in [-0.2, -0.15) is 0 Å². The Bertz CT molecular complexity index is 549. The van der Waals surface area contributed by atoms with Gasteiger partial charge in [-0.25, -0.2) is 9.97 Å². The molecule has 0 aliphatic heterocycles. The molecule has 3 rings (SSSR count). The Morgan fingerprint density at radius 2 is 2.00 bits per heavy atom. The molecule has 1 aliphatic rings. The second-order valence-corrected chi connectivity index (χ2v) is 4.35. The van der Waals surface area contributed by atoms with Crippen LogP contribution in [0.4, 0.5) is 5.95 Å². The lowest BCUT2D eigenvalue weighted by molar-refractivity contribution is 0.912. The van der Waals surface area contributed by atoms with Gasteiger partial charge in [-0.3, -0.25) is 0 Å². The Kier molecular flexibility index (Phi) is 2.52. The van der Waals surface area contributed by atoms with Gasteiger partial charge < -0.3 is 5.32 Å². The van der Waals surface area contributed by atoms with Crippen LogP contribution in [0.3, 0.4) is 0 Å². The summed E-state index contributed by atoms with van der Waals surface area (Å²) in [7, 11) is 1.84. The maximum absolute atomic E-state index is 4.46. The Morgan fingerprint density at radius 1 is 1.12 bits per heavy atom. The second-order valence-electron chi connectivity index (χ2n) is 4.35. The molecule has 1 aromatic heterocycles. The molecule has 3 nitrogen and oxygen atoms in total. The van der Waals surface area contributed by atoms with Crippen LogP contribution in [-0.2, 0) is 12.8 Å². The molecule has 0 radical (unpaired) electrons. The predicted molar refractivity (Wildman–Crippen MR) is 69.0 cm³/mol. The summed E-state index contributed by atoms with van der Waals surface area (Å²) in [6, 6.07) is 8.62. The first-order valence-corrected chi connectivity index (χ1v) is 6.00. The fraction of sp³-hybridized carbons (Fsp3) is 0.286. The molecule has 0 atom stereocenters. The van der Waals surface area contributed by atoms with Crippen molar-refractivity contribution in [2.24, 2.45) is 0 Å². The summed E-state index contributed by atoms with van der Waals surface area (Å²) in [5.41, 5.74) is 5.15. The molecule has 1 aliphatic carbocycles. The van der Waals surface area contributed by atoms with Crippen LogP contribution in [0.5, 0.6) is 0 Å². The lowest BCUT2D eigenvalue weighted by Crippen LogP contribution is -1.96. The molecular formula is C14H15N3. The fourth-order valence-electron chi connectivity index (χ4n) is 2.37. The zero-order chi connectivity index (χ0) is 11.7. The number of benzene rings is 1. The van der Waals surface area contributed by atoms with Crippen LogP contribution in [-0.4, -0.2) is 17.0 Å². The molecule has 0 unspecified atom stereocenters. The zero-order valence-electron chi connectivity index (χ0n) is 9.90. The number of fused-ring (bicyclic) bond motifs is 1. The van der Waals surface area contributed by atoms with Crippen LogP contribution < -0.4 is 5.32 Å². The number of rotatable bonds is 2. The quantitative estimate of drug-likeness (QED) is 0.853. The van der Waals surface area contributed by atoms with Gasteiger partial charge in [-0.15, -0.1) is 0 Å². The van der Waals surface area contributed by atoms with Gasteiger partial charge in [0, 0.05) is 18.8 Å². The molecule has 0 fully saturated rings. The van der Waals surface area contributed by atoms with Crippen molar-refractivity contribution in [3.8, 4) is 11.3 Å². The van der Waals surface area contributed by atoms with Crippen molar-refractivity contribution in [1.29, 1.82) is 0 Å². The van der Waals surface area contributed by atoms with E-state index in [0.717, 1.165) is 5.69 Å².